The fraction of sp³-hybridized carbons (Fsp3) is 0.263. The van der Waals surface area contributed by atoms with E-state index in [4.69, 9.17) is 5.73 Å². The third-order valence-electron chi connectivity index (χ3n) is 4.60. The minimum Gasteiger partial charge on any atom is -0.344 e. The Kier molecular flexibility index (Phi) is 3.05. The summed E-state index contributed by atoms with van der Waals surface area (Å²) in [5.74, 6) is 0. The molecule has 0 radical (unpaired) electrons. The first-order chi connectivity index (χ1) is 11.4. The average Bonchev–Trinajstić information content (AvgIpc) is 3.12. The monoisotopic (exact) mass is 319 g/mol. The number of hydrogen-bond acceptors (Lipinski definition) is 3. The van der Waals surface area contributed by atoms with Crippen molar-refractivity contribution in [2.75, 3.05) is 0 Å². The molecule has 0 aliphatic heterocycles. The third kappa shape index (κ3) is 2.12. The summed E-state index contributed by atoms with van der Waals surface area (Å²) < 4.78 is 4.06. The molecule has 24 heavy (non-hydrogen) atoms. The summed E-state index contributed by atoms with van der Waals surface area (Å²) in [6.45, 7) is 6.04. The number of nitrogens with zero attached hydrogens (tertiary/aromatic N) is 4. The van der Waals surface area contributed by atoms with Crippen LogP contribution in [-0.4, -0.2) is 19.6 Å². The van der Waals surface area contributed by atoms with Crippen LogP contribution in [0.5, 0.6) is 0 Å². The first kappa shape index (κ1) is 14.9. The lowest BCUT2D eigenvalue weighted by atomic mass is 10.0. The molecule has 0 aliphatic carbocycles. The van der Waals surface area contributed by atoms with E-state index < -0.39 is 5.54 Å². The van der Waals surface area contributed by atoms with Gasteiger partial charge >= 0.3 is 0 Å². The van der Waals surface area contributed by atoms with Crippen LogP contribution in [0.2, 0.25) is 0 Å². The van der Waals surface area contributed by atoms with Gasteiger partial charge in [-0.05, 0) is 50.6 Å². The van der Waals surface area contributed by atoms with Crippen LogP contribution in [0.4, 0.5) is 0 Å². The first-order valence-corrected chi connectivity index (χ1v) is 8.05. The van der Waals surface area contributed by atoms with Crippen molar-refractivity contribution < 1.29 is 0 Å². The van der Waals surface area contributed by atoms with E-state index in [9.17, 15) is 0 Å². The van der Waals surface area contributed by atoms with Gasteiger partial charge in [-0.2, -0.15) is 0 Å². The molecule has 0 saturated heterocycles. The van der Waals surface area contributed by atoms with Crippen LogP contribution in [0.25, 0.3) is 27.5 Å². The highest BCUT2D eigenvalue weighted by Gasteiger charge is 2.21. The van der Waals surface area contributed by atoms with E-state index in [-0.39, 0.29) is 0 Å². The summed E-state index contributed by atoms with van der Waals surface area (Å²) in [7, 11) is 2.10. The summed E-state index contributed by atoms with van der Waals surface area (Å²) in [6, 6.07) is 12.9. The minimum atomic E-state index is -0.506. The molecular weight excluding hydrogens is 298 g/mol. The Morgan fingerprint density at radius 1 is 1.00 bits per heavy atom. The van der Waals surface area contributed by atoms with Crippen molar-refractivity contribution in [1.29, 1.82) is 0 Å². The predicted octanol–water partition coefficient (Wildman–Crippen LogP) is 3.41. The summed E-state index contributed by atoms with van der Waals surface area (Å²) in [4.78, 5) is 0. The lowest BCUT2D eigenvalue weighted by Gasteiger charge is -2.19. The maximum atomic E-state index is 6.26. The van der Waals surface area contributed by atoms with Crippen molar-refractivity contribution in [2.45, 2.75) is 26.3 Å². The second-order valence-corrected chi connectivity index (χ2v) is 7.03. The number of aromatic nitrogens is 4. The standard InChI is InChI=1S/C19H21N5/c1-12-5-7-14-15-10-13(6-8-16(15)23(4)17(14)9-12)24-18(11-21-22-24)19(2,3)20/h5-11H,20H2,1-4H3. The Hall–Kier alpha value is -2.66. The fourth-order valence-electron chi connectivity index (χ4n) is 3.31. The van der Waals surface area contributed by atoms with Crippen molar-refractivity contribution >= 4 is 21.8 Å². The van der Waals surface area contributed by atoms with E-state index in [1.165, 1.54) is 27.4 Å². The summed E-state index contributed by atoms with van der Waals surface area (Å²) >= 11 is 0. The summed E-state index contributed by atoms with van der Waals surface area (Å²) in [5.41, 5.74) is 11.3. The molecule has 2 aromatic heterocycles. The molecule has 0 unspecified atom stereocenters. The van der Waals surface area contributed by atoms with Gasteiger partial charge in [-0.25, -0.2) is 4.68 Å². The number of hydrogen-bond donors (Lipinski definition) is 1. The van der Waals surface area contributed by atoms with Gasteiger partial charge in [0.1, 0.15) is 0 Å². The molecule has 2 N–H and O–H groups in total. The van der Waals surface area contributed by atoms with E-state index in [2.05, 4.69) is 65.2 Å². The molecule has 2 aromatic carbocycles. The molecule has 0 bridgehead atoms. The van der Waals surface area contributed by atoms with Crippen LogP contribution in [0, 0.1) is 6.92 Å². The molecule has 0 spiro atoms. The molecule has 0 aliphatic rings. The van der Waals surface area contributed by atoms with E-state index >= 15 is 0 Å². The molecule has 5 heteroatoms. The number of nitrogens with two attached hydrogens (primary N) is 1. The van der Waals surface area contributed by atoms with Crippen molar-refractivity contribution in [3.8, 4) is 5.69 Å². The molecular formula is C19H21N5. The molecule has 4 rings (SSSR count). The van der Waals surface area contributed by atoms with Crippen LogP contribution < -0.4 is 5.73 Å². The molecule has 0 atom stereocenters. The normalized spacial score (nSPS) is 12.4. The van der Waals surface area contributed by atoms with Gasteiger partial charge in [0.15, 0.2) is 0 Å². The predicted molar refractivity (Wildman–Crippen MR) is 97.3 cm³/mol. The summed E-state index contributed by atoms with van der Waals surface area (Å²) in [6.07, 6.45) is 1.73. The molecule has 0 fully saturated rings. The Bertz CT molecular complexity index is 1060. The third-order valence-corrected chi connectivity index (χ3v) is 4.60. The highest BCUT2D eigenvalue weighted by Crippen LogP contribution is 2.31. The Labute approximate surface area is 140 Å². The van der Waals surface area contributed by atoms with Crippen molar-refractivity contribution in [1.82, 2.24) is 19.6 Å². The topological polar surface area (TPSA) is 61.7 Å². The molecule has 0 saturated carbocycles. The Balaban J connectivity index is 2.00. The molecule has 4 aromatic rings. The van der Waals surface area contributed by atoms with E-state index in [1.54, 1.807) is 6.20 Å². The van der Waals surface area contributed by atoms with E-state index in [0.29, 0.717) is 0 Å². The lowest BCUT2D eigenvalue weighted by Crippen LogP contribution is -2.31. The fourth-order valence-corrected chi connectivity index (χ4v) is 3.31. The van der Waals surface area contributed by atoms with Crippen molar-refractivity contribution in [2.24, 2.45) is 12.8 Å². The SMILES string of the molecule is Cc1ccc2c3cc(-n4nncc4C(C)(C)N)ccc3n(C)c2c1. The highest BCUT2D eigenvalue weighted by molar-refractivity contribution is 6.08. The average molecular weight is 319 g/mol. The van der Waals surface area contributed by atoms with Crippen LogP contribution in [0.3, 0.4) is 0 Å². The van der Waals surface area contributed by atoms with Crippen molar-refractivity contribution in [3.05, 3.63) is 53.9 Å². The zero-order chi connectivity index (χ0) is 17.1. The van der Waals surface area contributed by atoms with Crippen molar-refractivity contribution in [3.63, 3.8) is 0 Å². The van der Waals surface area contributed by atoms with Gasteiger partial charge in [0.05, 0.1) is 23.1 Å². The molecule has 2 heterocycles. The molecule has 5 nitrogen and oxygen atoms in total. The van der Waals surface area contributed by atoms with Crippen LogP contribution in [0.15, 0.2) is 42.6 Å². The van der Waals surface area contributed by atoms with E-state index in [1.807, 2.05) is 18.5 Å². The van der Waals surface area contributed by atoms with Crippen LogP contribution in [0.1, 0.15) is 25.1 Å². The maximum Gasteiger partial charge on any atom is 0.0838 e. The number of aryl methyl sites for hydroxylation is 2. The van der Waals surface area contributed by atoms with Crippen LogP contribution >= 0.6 is 0 Å². The van der Waals surface area contributed by atoms with E-state index in [0.717, 1.165) is 11.4 Å². The minimum absolute atomic E-state index is 0.506. The molecule has 122 valence electrons. The number of fused-ring (bicyclic) bond motifs is 3. The van der Waals surface area contributed by atoms with Gasteiger partial charge in [-0.3, -0.25) is 0 Å². The maximum absolute atomic E-state index is 6.26. The number of rotatable bonds is 2. The summed E-state index contributed by atoms with van der Waals surface area (Å²) in [5, 5.41) is 10.7. The Morgan fingerprint density at radius 3 is 2.54 bits per heavy atom. The molecule has 0 amide bonds. The largest absolute Gasteiger partial charge is 0.344 e. The second kappa shape index (κ2) is 4.92. The van der Waals surface area contributed by atoms with Gasteiger partial charge in [0, 0.05) is 28.9 Å². The zero-order valence-corrected chi connectivity index (χ0v) is 14.4. The number of benzene rings is 2. The quantitative estimate of drug-likeness (QED) is 0.616. The smallest absolute Gasteiger partial charge is 0.0838 e. The van der Waals surface area contributed by atoms with Crippen LogP contribution in [-0.2, 0) is 12.6 Å². The van der Waals surface area contributed by atoms with Gasteiger partial charge in [0.2, 0.25) is 0 Å². The van der Waals surface area contributed by atoms with Gasteiger partial charge in [0.25, 0.3) is 0 Å². The highest BCUT2D eigenvalue weighted by atomic mass is 15.4. The lowest BCUT2D eigenvalue weighted by molar-refractivity contribution is 0.513. The second-order valence-electron chi connectivity index (χ2n) is 7.03. The Morgan fingerprint density at radius 2 is 1.79 bits per heavy atom. The van der Waals surface area contributed by atoms with Gasteiger partial charge in [-0.15, -0.1) is 5.10 Å². The zero-order valence-electron chi connectivity index (χ0n) is 14.4. The van der Waals surface area contributed by atoms with Gasteiger partial charge < -0.3 is 10.3 Å². The first-order valence-electron chi connectivity index (χ1n) is 8.05. The van der Waals surface area contributed by atoms with Gasteiger partial charge in [-0.1, -0.05) is 17.3 Å².